The van der Waals surface area contributed by atoms with Crippen molar-refractivity contribution in [2.45, 2.75) is 16.9 Å². The molecule has 0 aliphatic carbocycles. The van der Waals surface area contributed by atoms with Gasteiger partial charge in [-0.1, -0.05) is 0 Å². The van der Waals surface area contributed by atoms with Gasteiger partial charge in [0.2, 0.25) is 0 Å². The summed E-state index contributed by atoms with van der Waals surface area (Å²) in [4.78, 5) is 3.86. The summed E-state index contributed by atoms with van der Waals surface area (Å²) in [6.45, 7) is 0.210. The number of nitrogens with zero attached hydrogens (tertiary/aromatic N) is 1. The number of hydrogen-bond donors (Lipinski definition) is 2. The van der Waals surface area contributed by atoms with Crippen molar-refractivity contribution in [2.75, 3.05) is 4.72 Å². The Hall–Kier alpha value is -1.65. The topological polar surface area (TPSA) is 85.1 Å². The second-order valence-corrected chi connectivity index (χ2v) is 7.04. The highest BCUT2D eigenvalue weighted by atomic mass is 32.2. The lowest BCUT2D eigenvalue weighted by atomic mass is 10.3. The molecule has 5 nitrogen and oxygen atoms in total. The van der Waals surface area contributed by atoms with Crippen LogP contribution in [0.2, 0.25) is 0 Å². The molecular weight excluding hydrogens is 327 g/mol. The number of sulfonamides is 1. The molecule has 0 spiro atoms. The van der Waals surface area contributed by atoms with Gasteiger partial charge >= 0.3 is 6.18 Å². The van der Waals surface area contributed by atoms with E-state index in [9.17, 15) is 21.6 Å². The molecule has 2 heterocycles. The van der Waals surface area contributed by atoms with Gasteiger partial charge in [0, 0.05) is 11.4 Å². The van der Waals surface area contributed by atoms with E-state index in [4.69, 9.17) is 5.73 Å². The summed E-state index contributed by atoms with van der Waals surface area (Å²) in [5.74, 6) is 0. The molecule has 3 N–H and O–H groups in total. The smallest absolute Gasteiger partial charge is 0.326 e. The maximum atomic E-state index is 12.4. The van der Waals surface area contributed by atoms with Gasteiger partial charge in [0.05, 0.1) is 11.9 Å². The maximum Gasteiger partial charge on any atom is 0.433 e. The number of aromatic nitrogens is 1. The second-order valence-electron chi connectivity index (χ2n) is 3.96. The molecular formula is C11H10F3N3O2S2. The predicted octanol–water partition coefficient (Wildman–Crippen LogP) is 2.42. The Labute approximate surface area is 122 Å². The van der Waals surface area contributed by atoms with Crippen molar-refractivity contribution in [2.24, 2.45) is 5.73 Å². The number of thiophene rings is 1. The Morgan fingerprint density at radius 3 is 2.43 bits per heavy atom. The minimum atomic E-state index is -4.57. The van der Waals surface area contributed by atoms with Gasteiger partial charge in [0.15, 0.2) is 0 Å². The van der Waals surface area contributed by atoms with E-state index in [0.29, 0.717) is 10.9 Å². The fraction of sp³-hybridized carbons (Fsp3) is 0.182. The van der Waals surface area contributed by atoms with E-state index < -0.39 is 21.9 Å². The average Bonchev–Trinajstić information content (AvgIpc) is 2.87. The van der Waals surface area contributed by atoms with Crippen LogP contribution in [0.3, 0.4) is 0 Å². The first kappa shape index (κ1) is 15.7. The van der Waals surface area contributed by atoms with E-state index in [1.54, 1.807) is 6.07 Å². The summed E-state index contributed by atoms with van der Waals surface area (Å²) in [6.07, 6.45) is -3.75. The van der Waals surface area contributed by atoms with Gasteiger partial charge in [-0.3, -0.25) is 4.72 Å². The van der Waals surface area contributed by atoms with Crippen LogP contribution in [-0.2, 0) is 22.7 Å². The standard InChI is InChI=1S/C11H10F3N3O2S2/c12-11(13,14)9-3-1-7(6-16-9)17-21(18,19)10-4-2-8(5-15)20-10/h1-4,6,17H,5,15H2. The summed E-state index contributed by atoms with van der Waals surface area (Å²) in [5.41, 5.74) is 4.25. The van der Waals surface area contributed by atoms with Crippen molar-refractivity contribution in [3.8, 4) is 0 Å². The Bertz CT molecular complexity index is 724. The average molecular weight is 337 g/mol. The monoisotopic (exact) mass is 337 g/mol. The van der Waals surface area contributed by atoms with Crippen LogP contribution in [0.5, 0.6) is 0 Å². The Morgan fingerprint density at radius 1 is 1.24 bits per heavy atom. The molecule has 0 saturated carbocycles. The molecule has 0 atom stereocenters. The quantitative estimate of drug-likeness (QED) is 0.897. The van der Waals surface area contributed by atoms with E-state index in [1.807, 2.05) is 0 Å². The lowest BCUT2D eigenvalue weighted by Crippen LogP contribution is -2.13. The van der Waals surface area contributed by atoms with Crippen molar-refractivity contribution >= 4 is 27.0 Å². The number of nitrogens with two attached hydrogens (primary N) is 1. The minimum absolute atomic E-state index is 0.0304. The number of rotatable bonds is 4. The minimum Gasteiger partial charge on any atom is -0.326 e. The summed E-state index contributed by atoms with van der Waals surface area (Å²) in [6, 6.07) is 4.67. The number of hydrogen-bond acceptors (Lipinski definition) is 5. The van der Waals surface area contributed by atoms with Crippen LogP contribution in [0.4, 0.5) is 18.9 Å². The molecule has 21 heavy (non-hydrogen) atoms. The Balaban J connectivity index is 2.21. The summed E-state index contributed by atoms with van der Waals surface area (Å²) in [5, 5.41) is 0. The van der Waals surface area contributed by atoms with Crippen molar-refractivity contribution in [1.29, 1.82) is 0 Å². The van der Waals surface area contributed by atoms with Crippen molar-refractivity contribution in [3.05, 3.63) is 41.0 Å². The molecule has 10 heteroatoms. The molecule has 2 rings (SSSR count). The number of halogens is 3. The molecule has 2 aromatic heterocycles. The summed E-state index contributed by atoms with van der Waals surface area (Å²) >= 11 is 0.991. The molecule has 0 fully saturated rings. The summed E-state index contributed by atoms with van der Waals surface area (Å²) in [7, 11) is -3.86. The van der Waals surface area contributed by atoms with E-state index in [-0.39, 0.29) is 16.4 Å². The third kappa shape index (κ3) is 3.71. The first-order valence-corrected chi connectivity index (χ1v) is 7.87. The van der Waals surface area contributed by atoms with Crippen LogP contribution in [0, 0.1) is 0 Å². The Kier molecular flexibility index (Phi) is 4.21. The molecule has 0 radical (unpaired) electrons. The predicted molar refractivity (Wildman–Crippen MR) is 72.3 cm³/mol. The van der Waals surface area contributed by atoms with E-state index >= 15 is 0 Å². The molecule has 0 aliphatic heterocycles. The van der Waals surface area contributed by atoms with Gasteiger partial charge in [0.25, 0.3) is 10.0 Å². The third-order valence-electron chi connectivity index (χ3n) is 2.41. The zero-order valence-electron chi connectivity index (χ0n) is 10.4. The van der Waals surface area contributed by atoms with E-state index in [1.165, 1.54) is 6.07 Å². The number of alkyl halides is 3. The molecule has 0 amide bonds. The molecule has 0 aliphatic rings. The molecule has 0 bridgehead atoms. The molecule has 114 valence electrons. The van der Waals surface area contributed by atoms with Gasteiger partial charge in [-0.15, -0.1) is 11.3 Å². The number of pyridine rings is 1. The lowest BCUT2D eigenvalue weighted by molar-refractivity contribution is -0.141. The van der Waals surface area contributed by atoms with Gasteiger partial charge < -0.3 is 5.73 Å². The number of nitrogens with one attached hydrogen (secondary N) is 1. The van der Waals surface area contributed by atoms with Gasteiger partial charge in [0.1, 0.15) is 9.90 Å². The Morgan fingerprint density at radius 2 is 1.95 bits per heavy atom. The van der Waals surface area contributed by atoms with Crippen molar-refractivity contribution < 1.29 is 21.6 Å². The molecule has 0 unspecified atom stereocenters. The van der Waals surface area contributed by atoms with Crippen LogP contribution in [0.1, 0.15) is 10.6 Å². The van der Waals surface area contributed by atoms with Crippen molar-refractivity contribution in [1.82, 2.24) is 4.98 Å². The van der Waals surface area contributed by atoms with E-state index in [2.05, 4.69) is 9.71 Å². The molecule has 2 aromatic rings. The van der Waals surface area contributed by atoms with Gasteiger partial charge in [-0.05, 0) is 24.3 Å². The zero-order valence-corrected chi connectivity index (χ0v) is 12.0. The van der Waals surface area contributed by atoms with Crippen LogP contribution in [0.25, 0.3) is 0 Å². The highest BCUT2D eigenvalue weighted by Gasteiger charge is 2.32. The molecule has 0 saturated heterocycles. The van der Waals surface area contributed by atoms with Gasteiger partial charge in [-0.2, -0.15) is 13.2 Å². The largest absolute Gasteiger partial charge is 0.433 e. The number of anilines is 1. The first-order valence-electron chi connectivity index (χ1n) is 5.57. The van der Waals surface area contributed by atoms with Crippen LogP contribution < -0.4 is 10.5 Å². The van der Waals surface area contributed by atoms with Crippen LogP contribution in [-0.4, -0.2) is 13.4 Å². The van der Waals surface area contributed by atoms with Crippen LogP contribution in [0.15, 0.2) is 34.7 Å². The van der Waals surface area contributed by atoms with Gasteiger partial charge in [-0.25, -0.2) is 13.4 Å². The molecule has 0 aromatic carbocycles. The van der Waals surface area contributed by atoms with Crippen LogP contribution >= 0.6 is 11.3 Å². The maximum absolute atomic E-state index is 12.4. The second kappa shape index (κ2) is 5.62. The van der Waals surface area contributed by atoms with E-state index in [0.717, 1.165) is 23.6 Å². The summed E-state index contributed by atoms with van der Waals surface area (Å²) < 4.78 is 63.3. The third-order valence-corrected chi connectivity index (χ3v) is 5.39. The first-order chi connectivity index (χ1) is 9.72. The lowest BCUT2D eigenvalue weighted by Gasteiger charge is -2.08. The van der Waals surface area contributed by atoms with Crippen molar-refractivity contribution in [3.63, 3.8) is 0 Å². The fourth-order valence-corrected chi connectivity index (χ4v) is 3.72. The fourth-order valence-electron chi connectivity index (χ4n) is 1.44. The zero-order chi connectivity index (χ0) is 15.7. The highest BCUT2D eigenvalue weighted by molar-refractivity contribution is 7.94. The highest BCUT2D eigenvalue weighted by Crippen LogP contribution is 2.28. The SMILES string of the molecule is NCc1ccc(S(=O)(=O)Nc2ccc(C(F)(F)F)nc2)s1. The normalized spacial score (nSPS) is 12.4.